The van der Waals surface area contributed by atoms with E-state index in [0.717, 1.165) is 23.3 Å². The maximum absolute atomic E-state index is 3.92. The Bertz CT molecular complexity index is 195. The van der Waals surface area contributed by atoms with Crippen molar-refractivity contribution in [3.05, 3.63) is 0 Å². The van der Waals surface area contributed by atoms with Crippen LogP contribution in [0.25, 0.3) is 0 Å². The normalized spacial score (nSPS) is 42.8. The lowest BCUT2D eigenvalue weighted by Crippen LogP contribution is -2.46. The predicted molar refractivity (Wildman–Crippen MR) is 69.5 cm³/mol. The molecule has 1 saturated carbocycles. The van der Waals surface area contributed by atoms with Crippen LogP contribution in [-0.2, 0) is 0 Å². The predicted octanol–water partition coefficient (Wildman–Crippen LogP) is 3.44. The quantitative estimate of drug-likeness (QED) is 0.775. The summed E-state index contributed by atoms with van der Waals surface area (Å²) < 4.78 is 0. The lowest BCUT2D eigenvalue weighted by atomic mass is 9.86. The highest BCUT2D eigenvalue weighted by Crippen LogP contribution is 2.28. The van der Waals surface area contributed by atoms with Gasteiger partial charge in [0, 0.05) is 17.3 Å². The van der Waals surface area contributed by atoms with Gasteiger partial charge in [-0.2, -0.15) is 11.8 Å². The van der Waals surface area contributed by atoms with E-state index in [1.54, 1.807) is 0 Å². The maximum atomic E-state index is 3.92. The summed E-state index contributed by atoms with van der Waals surface area (Å²) in [5.74, 6) is 2.32. The summed E-state index contributed by atoms with van der Waals surface area (Å²) in [5.41, 5.74) is 0. The largest absolute Gasteiger partial charge is 0.310 e. The zero-order chi connectivity index (χ0) is 10.7. The molecule has 1 aliphatic heterocycles. The van der Waals surface area contributed by atoms with Crippen LogP contribution in [0.15, 0.2) is 0 Å². The van der Waals surface area contributed by atoms with Gasteiger partial charge in [-0.1, -0.05) is 26.7 Å². The Morgan fingerprint density at radius 2 is 1.93 bits per heavy atom. The lowest BCUT2D eigenvalue weighted by molar-refractivity contribution is 0.272. The smallest absolute Gasteiger partial charge is 0.0186 e. The van der Waals surface area contributed by atoms with E-state index >= 15 is 0 Å². The lowest BCUT2D eigenvalue weighted by Gasteiger charge is -2.36. The van der Waals surface area contributed by atoms with Gasteiger partial charge in [-0.15, -0.1) is 0 Å². The molecule has 0 aromatic carbocycles. The van der Waals surface area contributed by atoms with E-state index in [1.165, 1.54) is 44.3 Å². The third-order valence-corrected chi connectivity index (χ3v) is 5.37. The van der Waals surface area contributed by atoms with Gasteiger partial charge in [-0.3, -0.25) is 0 Å². The molecule has 2 fully saturated rings. The minimum absolute atomic E-state index is 0.791. The summed E-state index contributed by atoms with van der Waals surface area (Å²) in [7, 11) is 0. The summed E-state index contributed by atoms with van der Waals surface area (Å²) in [6.45, 7) is 4.81. The third kappa shape index (κ3) is 3.39. The second-order valence-electron chi connectivity index (χ2n) is 5.46. The van der Waals surface area contributed by atoms with Crippen LogP contribution in [0, 0.1) is 5.92 Å². The number of hydrogen-bond donors (Lipinski definition) is 1. The molecule has 1 saturated heterocycles. The molecule has 0 aromatic heterocycles. The SMILES string of the molecule is CC1CCCC(NC2CCCSC2C)C1. The van der Waals surface area contributed by atoms with Crippen molar-refractivity contribution in [3.8, 4) is 0 Å². The molecule has 1 nitrogen and oxygen atoms in total. The van der Waals surface area contributed by atoms with Crippen molar-refractivity contribution in [3.63, 3.8) is 0 Å². The van der Waals surface area contributed by atoms with Crippen LogP contribution < -0.4 is 5.32 Å². The van der Waals surface area contributed by atoms with Gasteiger partial charge in [0.25, 0.3) is 0 Å². The van der Waals surface area contributed by atoms with E-state index in [9.17, 15) is 0 Å². The fraction of sp³-hybridized carbons (Fsp3) is 1.00. The first kappa shape index (κ1) is 11.8. The molecule has 0 amide bonds. The van der Waals surface area contributed by atoms with Crippen LogP contribution in [0.1, 0.15) is 52.4 Å². The summed E-state index contributed by atoms with van der Waals surface area (Å²) in [5, 5.41) is 4.75. The fourth-order valence-corrected chi connectivity index (χ4v) is 4.18. The monoisotopic (exact) mass is 227 g/mol. The minimum Gasteiger partial charge on any atom is -0.310 e. The molecule has 1 aliphatic carbocycles. The summed E-state index contributed by atoms with van der Waals surface area (Å²) in [6, 6.07) is 1.61. The first-order valence-corrected chi connectivity index (χ1v) is 7.68. The standard InChI is InChI=1S/C13H25NS/c1-10-5-3-6-12(9-10)14-13-7-4-8-15-11(13)2/h10-14H,3-9H2,1-2H3. The average molecular weight is 227 g/mol. The Morgan fingerprint density at radius 1 is 1.07 bits per heavy atom. The first-order valence-electron chi connectivity index (χ1n) is 6.63. The van der Waals surface area contributed by atoms with E-state index < -0.39 is 0 Å². The van der Waals surface area contributed by atoms with E-state index in [1.807, 2.05) is 0 Å². The molecule has 0 aromatic rings. The van der Waals surface area contributed by atoms with Crippen LogP contribution in [0.5, 0.6) is 0 Å². The average Bonchev–Trinajstić information content (AvgIpc) is 2.22. The summed E-state index contributed by atoms with van der Waals surface area (Å²) >= 11 is 2.15. The van der Waals surface area contributed by atoms with E-state index in [0.29, 0.717) is 0 Å². The van der Waals surface area contributed by atoms with Crippen molar-refractivity contribution < 1.29 is 0 Å². The van der Waals surface area contributed by atoms with E-state index in [4.69, 9.17) is 0 Å². The van der Waals surface area contributed by atoms with Crippen LogP contribution in [-0.4, -0.2) is 23.1 Å². The molecule has 0 spiro atoms. The zero-order valence-corrected chi connectivity index (χ0v) is 11.0. The number of nitrogens with one attached hydrogen (secondary N) is 1. The molecule has 88 valence electrons. The molecule has 2 heteroatoms. The molecule has 4 unspecified atom stereocenters. The highest BCUT2D eigenvalue weighted by atomic mass is 32.2. The van der Waals surface area contributed by atoms with Crippen LogP contribution >= 0.6 is 11.8 Å². The Morgan fingerprint density at radius 3 is 2.67 bits per heavy atom. The van der Waals surface area contributed by atoms with Crippen molar-refractivity contribution in [2.45, 2.75) is 69.7 Å². The number of hydrogen-bond acceptors (Lipinski definition) is 2. The van der Waals surface area contributed by atoms with E-state index in [-0.39, 0.29) is 0 Å². The number of thioether (sulfide) groups is 1. The molecule has 1 N–H and O–H groups in total. The van der Waals surface area contributed by atoms with Gasteiger partial charge in [-0.05, 0) is 37.4 Å². The maximum Gasteiger partial charge on any atom is 0.0186 e. The van der Waals surface area contributed by atoms with Gasteiger partial charge in [0.1, 0.15) is 0 Å². The molecule has 0 bridgehead atoms. The Labute approximate surface area is 98.8 Å². The fourth-order valence-electron chi connectivity index (χ4n) is 3.03. The third-order valence-electron chi connectivity index (χ3n) is 3.99. The van der Waals surface area contributed by atoms with Gasteiger partial charge in [0.05, 0.1) is 0 Å². The first-order chi connectivity index (χ1) is 7.25. The van der Waals surface area contributed by atoms with Gasteiger partial charge in [0.2, 0.25) is 0 Å². The molecule has 2 aliphatic rings. The molecule has 15 heavy (non-hydrogen) atoms. The van der Waals surface area contributed by atoms with Gasteiger partial charge < -0.3 is 5.32 Å². The molecular formula is C13H25NS. The molecule has 2 rings (SSSR count). The van der Waals surface area contributed by atoms with Crippen molar-refractivity contribution in [1.29, 1.82) is 0 Å². The number of rotatable bonds is 2. The van der Waals surface area contributed by atoms with Crippen LogP contribution in [0.4, 0.5) is 0 Å². The Balaban J connectivity index is 1.79. The topological polar surface area (TPSA) is 12.0 Å². The van der Waals surface area contributed by atoms with Gasteiger partial charge in [0.15, 0.2) is 0 Å². The zero-order valence-electron chi connectivity index (χ0n) is 10.2. The van der Waals surface area contributed by atoms with Crippen LogP contribution in [0.3, 0.4) is 0 Å². The van der Waals surface area contributed by atoms with Gasteiger partial charge in [-0.25, -0.2) is 0 Å². The molecular weight excluding hydrogens is 202 g/mol. The summed E-state index contributed by atoms with van der Waals surface area (Å²) in [4.78, 5) is 0. The van der Waals surface area contributed by atoms with Crippen molar-refractivity contribution >= 4 is 11.8 Å². The molecule has 4 atom stereocenters. The summed E-state index contributed by atoms with van der Waals surface area (Å²) in [6.07, 6.45) is 8.53. The van der Waals surface area contributed by atoms with Crippen molar-refractivity contribution in [2.24, 2.45) is 5.92 Å². The second-order valence-corrected chi connectivity index (χ2v) is 6.95. The molecule has 0 radical (unpaired) electrons. The second kappa shape index (κ2) is 5.58. The van der Waals surface area contributed by atoms with Gasteiger partial charge >= 0.3 is 0 Å². The van der Waals surface area contributed by atoms with Crippen LogP contribution in [0.2, 0.25) is 0 Å². The van der Waals surface area contributed by atoms with E-state index in [2.05, 4.69) is 30.9 Å². The highest BCUT2D eigenvalue weighted by Gasteiger charge is 2.26. The van der Waals surface area contributed by atoms with Crippen molar-refractivity contribution in [2.75, 3.05) is 5.75 Å². The Kier molecular flexibility index (Phi) is 4.39. The molecule has 1 heterocycles. The highest BCUT2D eigenvalue weighted by molar-refractivity contribution is 7.99. The minimum atomic E-state index is 0.791. The van der Waals surface area contributed by atoms with Crippen molar-refractivity contribution in [1.82, 2.24) is 5.32 Å². The Hall–Kier alpha value is 0.310.